The zero-order chi connectivity index (χ0) is 13.5. The lowest BCUT2D eigenvalue weighted by atomic mass is 10.3. The Kier molecular flexibility index (Phi) is 5.88. The Labute approximate surface area is 106 Å². The number of hydrogen-bond acceptors (Lipinski definition) is 4. The van der Waals surface area contributed by atoms with Crippen molar-refractivity contribution in [2.75, 3.05) is 20.3 Å². The van der Waals surface area contributed by atoms with Crippen LogP contribution in [0.25, 0.3) is 0 Å². The van der Waals surface area contributed by atoms with Gasteiger partial charge >= 0.3 is 0 Å². The first-order valence-corrected chi connectivity index (χ1v) is 5.79. The molecular weight excluding hydrogens is 239 g/mol. The Bertz CT molecular complexity index is 368. The normalized spacial score (nSPS) is 12.6. The van der Waals surface area contributed by atoms with Gasteiger partial charge in [0, 0.05) is 6.07 Å². The summed E-state index contributed by atoms with van der Waals surface area (Å²) < 4.78 is 28.6. The summed E-state index contributed by atoms with van der Waals surface area (Å²) in [6, 6.07) is 4.27. The van der Waals surface area contributed by atoms with E-state index in [0.717, 1.165) is 0 Å². The number of methoxy groups -OCH3 is 1. The molecule has 102 valence electrons. The lowest BCUT2D eigenvalue weighted by Crippen LogP contribution is -2.25. The number of halogens is 1. The van der Waals surface area contributed by atoms with E-state index in [2.05, 4.69) is 0 Å². The highest BCUT2D eigenvalue weighted by atomic mass is 19.1. The van der Waals surface area contributed by atoms with E-state index in [1.54, 1.807) is 6.07 Å². The molecule has 1 aromatic rings. The van der Waals surface area contributed by atoms with Gasteiger partial charge in [-0.25, -0.2) is 4.39 Å². The van der Waals surface area contributed by atoms with Crippen LogP contribution in [0, 0.1) is 5.82 Å². The minimum absolute atomic E-state index is 0.0538. The second-order valence-corrected chi connectivity index (χ2v) is 4.14. The molecule has 0 bridgehead atoms. The molecule has 18 heavy (non-hydrogen) atoms. The minimum atomic E-state index is -0.738. The van der Waals surface area contributed by atoms with Crippen LogP contribution in [-0.4, -0.2) is 37.6 Å². The Hall–Kier alpha value is -1.33. The van der Waals surface area contributed by atoms with Crippen LogP contribution in [0.5, 0.6) is 11.5 Å². The number of hydrogen-bond donors (Lipinski definition) is 1. The number of rotatable bonds is 7. The van der Waals surface area contributed by atoms with Crippen LogP contribution >= 0.6 is 0 Å². The van der Waals surface area contributed by atoms with Gasteiger partial charge in [0.15, 0.2) is 11.6 Å². The van der Waals surface area contributed by atoms with Crippen LogP contribution in [-0.2, 0) is 4.74 Å². The second kappa shape index (κ2) is 7.18. The summed E-state index contributed by atoms with van der Waals surface area (Å²) in [7, 11) is 1.39. The van der Waals surface area contributed by atoms with Crippen molar-refractivity contribution >= 4 is 0 Å². The molecule has 4 nitrogen and oxygen atoms in total. The van der Waals surface area contributed by atoms with E-state index in [0.29, 0.717) is 5.75 Å². The number of aliphatic hydroxyl groups is 1. The van der Waals surface area contributed by atoms with E-state index in [1.807, 2.05) is 13.8 Å². The Morgan fingerprint density at radius 3 is 2.56 bits per heavy atom. The molecule has 0 aliphatic rings. The Morgan fingerprint density at radius 2 is 2.00 bits per heavy atom. The molecule has 1 atom stereocenters. The third-order valence-electron chi connectivity index (χ3n) is 2.19. The maximum atomic E-state index is 13.3. The van der Waals surface area contributed by atoms with Crippen LogP contribution in [0.2, 0.25) is 0 Å². The number of aliphatic hydroxyl groups excluding tert-OH is 1. The van der Waals surface area contributed by atoms with Crippen molar-refractivity contribution in [3.8, 4) is 11.5 Å². The summed E-state index contributed by atoms with van der Waals surface area (Å²) in [4.78, 5) is 0. The smallest absolute Gasteiger partial charge is 0.168 e. The van der Waals surface area contributed by atoms with Crippen molar-refractivity contribution in [3.05, 3.63) is 24.0 Å². The summed E-state index contributed by atoms with van der Waals surface area (Å²) in [5.74, 6) is 0.00542. The Balaban J connectivity index is 2.41. The zero-order valence-electron chi connectivity index (χ0n) is 10.9. The first kappa shape index (κ1) is 14.7. The zero-order valence-corrected chi connectivity index (χ0v) is 10.9. The molecule has 1 aromatic carbocycles. The molecule has 0 radical (unpaired) electrons. The highest BCUT2D eigenvalue weighted by molar-refractivity contribution is 5.32. The van der Waals surface area contributed by atoms with Gasteiger partial charge in [-0.15, -0.1) is 0 Å². The van der Waals surface area contributed by atoms with Gasteiger partial charge in [0.1, 0.15) is 18.5 Å². The van der Waals surface area contributed by atoms with E-state index >= 15 is 0 Å². The largest absolute Gasteiger partial charge is 0.494 e. The van der Waals surface area contributed by atoms with Crippen LogP contribution in [0.1, 0.15) is 13.8 Å². The van der Waals surface area contributed by atoms with Crippen molar-refractivity contribution in [3.63, 3.8) is 0 Å². The van der Waals surface area contributed by atoms with Crippen molar-refractivity contribution in [1.82, 2.24) is 0 Å². The van der Waals surface area contributed by atoms with Crippen LogP contribution in [0.15, 0.2) is 18.2 Å². The molecule has 5 heteroatoms. The summed E-state index contributed by atoms with van der Waals surface area (Å²) in [6.07, 6.45) is -0.685. The highest BCUT2D eigenvalue weighted by Gasteiger charge is 2.08. The molecule has 0 amide bonds. The molecule has 1 unspecified atom stereocenters. The first-order valence-electron chi connectivity index (χ1n) is 5.79. The van der Waals surface area contributed by atoms with E-state index in [4.69, 9.17) is 14.2 Å². The minimum Gasteiger partial charge on any atom is -0.494 e. The lowest BCUT2D eigenvalue weighted by molar-refractivity contribution is -0.0123. The van der Waals surface area contributed by atoms with Gasteiger partial charge in [-0.2, -0.15) is 0 Å². The highest BCUT2D eigenvalue weighted by Crippen LogP contribution is 2.22. The molecule has 0 spiro atoms. The average Bonchev–Trinajstić information content (AvgIpc) is 2.34. The maximum Gasteiger partial charge on any atom is 0.168 e. The predicted octanol–water partition coefficient (Wildman–Crippen LogP) is 2.00. The van der Waals surface area contributed by atoms with Crippen molar-refractivity contribution in [2.24, 2.45) is 0 Å². The number of benzene rings is 1. The Morgan fingerprint density at radius 1 is 1.28 bits per heavy atom. The summed E-state index contributed by atoms with van der Waals surface area (Å²) in [5.41, 5.74) is 0. The van der Waals surface area contributed by atoms with Gasteiger partial charge in [0.2, 0.25) is 0 Å². The van der Waals surface area contributed by atoms with E-state index in [1.165, 1.54) is 19.2 Å². The van der Waals surface area contributed by atoms with Crippen molar-refractivity contribution in [1.29, 1.82) is 0 Å². The molecule has 1 N–H and O–H groups in total. The fourth-order valence-electron chi connectivity index (χ4n) is 1.28. The molecule has 0 heterocycles. The van der Waals surface area contributed by atoms with E-state index in [-0.39, 0.29) is 25.1 Å². The van der Waals surface area contributed by atoms with Gasteiger partial charge in [0.25, 0.3) is 0 Å². The first-order chi connectivity index (χ1) is 8.52. The molecule has 1 rings (SSSR count). The molecule has 0 saturated heterocycles. The van der Waals surface area contributed by atoms with E-state index < -0.39 is 11.9 Å². The maximum absolute atomic E-state index is 13.3. The summed E-state index contributed by atoms with van der Waals surface area (Å²) >= 11 is 0. The molecular formula is C13H19FO4. The number of ether oxygens (including phenoxy) is 3. The molecule has 0 aromatic heterocycles. The standard InChI is InChI=1S/C13H19FO4/c1-9(2)17-7-10(15)8-18-11-4-5-13(16-3)12(14)6-11/h4-6,9-10,15H,7-8H2,1-3H3. The summed E-state index contributed by atoms with van der Waals surface area (Å²) in [6.45, 7) is 4.01. The molecule has 0 aliphatic heterocycles. The topological polar surface area (TPSA) is 47.9 Å². The monoisotopic (exact) mass is 258 g/mol. The fraction of sp³-hybridized carbons (Fsp3) is 0.538. The molecule has 0 fully saturated rings. The van der Waals surface area contributed by atoms with Gasteiger partial charge in [0.05, 0.1) is 19.8 Å². The van der Waals surface area contributed by atoms with E-state index in [9.17, 15) is 9.50 Å². The lowest BCUT2D eigenvalue weighted by Gasteiger charge is -2.14. The SMILES string of the molecule is COc1ccc(OCC(O)COC(C)C)cc1F. The molecule has 0 saturated carbocycles. The van der Waals surface area contributed by atoms with Gasteiger partial charge < -0.3 is 19.3 Å². The van der Waals surface area contributed by atoms with Gasteiger partial charge in [-0.3, -0.25) is 0 Å². The third-order valence-corrected chi connectivity index (χ3v) is 2.19. The van der Waals surface area contributed by atoms with Crippen LogP contribution in [0.4, 0.5) is 4.39 Å². The fourth-order valence-corrected chi connectivity index (χ4v) is 1.28. The van der Waals surface area contributed by atoms with Gasteiger partial charge in [-0.1, -0.05) is 0 Å². The van der Waals surface area contributed by atoms with Gasteiger partial charge in [-0.05, 0) is 26.0 Å². The third kappa shape index (κ3) is 4.89. The van der Waals surface area contributed by atoms with Crippen LogP contribution in [0.3, 0.4) is 0 Å². The van der Waals surface area contributed by atoms with Crippen molar-refractivity contribution in [2.45, 2.75) is 26.1 Å². The second-order valence-electron chi connectivity index (χ2n) is 4.14. The van der Waals surface area contributed by atoms with Crippen LogP contribution < -0.4 is 9.47 Å². The molecule has 0 aliphatic carbocycles. The summed E-state index contributed by atoms with van der Waals surface area (Å²) in [5, 5.41) is 9.56. The quantitative estimate of drug-likeness (QED) is 0.812. The average molecular weight is 258 g/mol. The predicted molar refractivity (Wildman–Crippen MR) is 65.5 cm³/mol. The van der Waals surface area contributed by atoms with Crippen molar-refractivity contribution < 1.29 is 23.7 Å².